The molecule has 0 bridgehead atoms. The predicted octanol–water partition coefficient (Wildman–Crippen LogP) is 5.59. The van der Waals surface area contributed by atoms with Gasteiger partial charge in [0.2, 0.25) is 6.79 Å². The third-order valence-corrected chi connectivity index (χ3v) is 5.04. The quantitative estimate of drug-likeness (QED) is 0.545. The maximum atomic E-state index is 6.23. The SMILES string of the molecule is Clc1ccc(COc2ccccc2CNCc2ccc3c(c2)OCO3)c(Cl)c1. The number of nitrogens with one attached hydrogen (secondary N) is 1. The van der Waals surface area contributed by atoms with Gasteiger partial charge in [-0.15, -0.1) is 0 Å². The van der Waals surface area contributed by atoms with Crippen LogP contribution in [-0.2, 0) is 19.7 Å². The second-order valence-electron chi connectivity index (χ2n) is 6.42. The number of halogens is 2. The highest BCUT2D eigenvalue weighted by atomic mass is 35.5. The zero-order chi connectivity index (χ0) is 19.3. The number of ether oxygens (including phenoxy) is 3. The molecule has 144 valence electrons. The minimum Gasteiger partial charge on any atom is -0.489 e. The van der Waals surface area contributed by atoms with Crippen molar-refractivity contribution in [3.8, 4) is 17.2 Å². The van der Waals surface area contributed by atoms with E-state index >= 15 is 0 Å². The van der Waals surface area contributed by atoms with Gasteiger partial charge in [0.15, 0.2) is 11.5 Å². The van der Waals surface area contributed by atoms with Crippen LogP contribution < -0.4 is 19.5 Å². The van der Waals surface area contributed by atoms with Crippen molar-refractivity contribution in [2.75, 3.05) is 6.79 Å². The number of fused-ring (bicyclic) bond motifs is 1. The molecule has 0 unspecified atom stereocenters. The van der Waals surface area contributed by atoms with Crippen LogP contribution in [0.4, 0.5) is 0 Å². The van der Waals surface area contributed by atoms with Gasteiger partial charge in [-0.25, -0.2) is 0 Å². The molecule has 0 amide bonds. The van der Waals surface area contributed by atoms with Crippen molar-refractivity contribution >= 4 is 23.2 Å². The Morgan fingerprint density at radius 2 is 1.71 bits per heavy atom. The smallest absolute Gasteiger partial charge is 0.231 e. The maximum Gasteiger partial charge on any atom is 0.231 e. The van der Waals surface area contributed by atoms with Crippen LogP contribution in [0.5, 0.6) is 17.2 Å². The van der Waals surface area contributed by atoms with E-state index in [2.05, 4.69) is 5.32 Å². The van der Waals surface area contributed by atoms with Gasteiger partial charge in [0.05, 0.1) is 0 Å². The molecule has 1 heterocycles. The lowest BCUT2D eigenvalue weighted by atomic mass is 10.1. The molecule has 0 atom stereocenters. The van der Waals surface area contributed by atoms with Crippen LogP contribution >= 0.6 is 23.2 Å². The van der Waals surface area contributed by atoms with E-state index in [9.17, 15) is 0 Å². The third-order valence-electron chi connectivity index (χ3n) is 4.45. The minimum atomic E-state index is 0.286. The van der Waals surface area contributed by atoms with Gasteiger partial charge in [0.1, 0.15) is 12.4 Å². The molecule has 3 aromatic rings. The van der Waals surface area contributed by atoms with Crippen LogP contribution in [0.3, 0.4) is 0 Å². The lowest BCUT2D eigenvalue weighted by Crippen LogP contribution is -2.13. The molecule has 4 nitrogen and oxygen atoms in total. The average molecular weight is 416 g/mol. The van der Waals surface area contributed by atoms with E-state index in [0.29, 0.717) is 29.7 Å². The molecule has 0 saturated carbocycles. The molecule has 0 saturated heterocycles. The van der Waals surface area contributed by atoms with E-state index in [-0.39, 0.29) is 6.79 Å². The predicted molar refractivity (Wildman–Crippen MR) is 110 cm³/mol. The fraction of sp³-hybridized carbons (Fsp3) is 0.182. The molecular weight excluding hydrogens is 397 g/mol. The monoisotopic (exact) mass is 415 g/mol. The summed E-state index contributed by atoms with van der Waals surface area (Å²) >= 11 is 12.2. The van der Waals surface area contributed by atoms with Crippen molar-refractivity contribution in [2.45, 2.75) is 19.7 Å². The second-order valence-corrected chi connectivity index (χ2v) is 7.27. The fourth-order valence-electron chi connectivity index (χ4n) is 2.98. The van der Waals surface area contributed by atoms with E-state index in [1.54, 1.807) is 6.07 Å². The Balaban J connectivity index is 1.36. The molecule has 0 aromatic heterocycles. The number of para-hydroxylation sites is 1. The average Bonchev–Trinajstić information content (AvgIpc) is 3.16. The summed E-state index contributed by atoms with van der Waals surface area (Å²) in [6.07, 6.45) is 0. The summed E-state index contributed by atoms with van der Waals surface area (Å²) in [4.78, 5) is 0. The topological polar surface area (TPSA) is 39.7 Å². The van der Waals surface area contributed by atoms with Crippen LogP contribution in [0, 0.1) is 0 Å². The molecule has 0 aliphatic carbocycles. The summed E-state index contributed by atoms with van der Waals surface area (Å²) in [7, 11) is 0. The van der Waals surface area contributed by atoms with Crippen LogP contribution in [-0.4, -0.2) is 6.79 Å². The molecule has 1 aliphatic rings. The van der Waals surface area contributed by atoms with Gasteiger partial charge in [-0.2, -0.15) is 0 Å². The standard InChI is InChI=1S/C22H19Cl2NO3/c23-18-7-6-17(19(24)10-18)13-26-20-4-2-1-3-16(20)12-25-11-15-5-8-21-22(9-15)28-14-27-21/h1-10,25H,11-14H2. The number of benzene rings is 3. The molecule has 0 radical (unpaired) electrons. The molecule has 3 aromatic carbocycles. The highest BCUT2D eigenvalue weighted by molar-refractivity contribution is 6.35. The van der Waals surface area contributed by atoms with E-state index in [4.69, 9.17) is 37.4 Å². The normalized spacial score (nSPS) is 12.2. The lowest BCUT2D eigenvalue weighted by molar-refractivity contribution is 0.174. The zero-order valence-electron chi connectivity index (χ0n) is 15.1. The molecule has 1 N–H and O–H groups in total. The second kappa shape index (κ2) is 8.74. The molecule has 0 spiro atoms. The Labute approximate surface area is 173 Å². The van der Waals surface area contributed by atoms with Gasteiger partial charge in [-0.05, 0) is 35.9 Å². The Bertz CT molecular complexity index is 978. The van der Waals surface area contributed by atoms with Gasteiger partial charge >= 0.3 is 0 Å². The molecular formula is C22H19Cl2NO3. The summed E-state index contributed by atoms with van der Waals surface area (Å²) in [6, 6.07) is 19.3. The molecule has 1 aliphatic heterocycles. The Hall–Kier alpha value is -2.40. The van der Waals surface area contributed by atoms with Crippen LogP contribution in [0.2, 0.25) is 10.0 Å². The zero-order valence-corrected chi connectivity index (χ0v) is 16.6. The van der Waals surface area contributed by atoms with Crippen molar-refractivity contribution in [3.05, 3.63) is 87.4 Å². The van der Waals surface area contributed by atoms with Gasteiger partial charge in [0.25, 0.3) is 0 Å². The Morgan fingerprint density at radius 1 is 0.857 bits per heavy atom. The van der Waals surface area contributed by atoms with Crippen molar-refractivity contribution in [1.29, 1.82) is 0 Å². The van der Waals surface area contributed by atoms with Crippen molar-refractivity contribution in [2.24, 2.45) is 0 Å². The van der Waals surface area contributed by atoms with Crippen molar-refractivity contribution in [1.82, 2.24) is 5.32 Å². The van der Waals surface area contributed by atoms with Gasteiger partial charge in [0, 0.05) is 34.3 Å². The van der Waals surface area contributed by atoms with Crippen LogP contribution in [0.25, 0.3) is 0 Å². The molecule has 6 heteroatoms. The first-order valence-electron chi connectivity index (χ1n) is 8.93. The Morgan fingerprint density at radius 3 is 2.61 bits per heavy atom. The maximum absolute atomic E-state index is 6.23. The van der Waals surface area contributed by atoms with E-state index in [1.165, 1.54) is 0 Å². The van der Waals surface area contributed by atoms with E-state index in [0.717, 1.165) is 33.9 Å². The van der Waals surface area contributed by atoms with E-state index in [1.807, 2.05) is 54.6 Å². The molecule has 4 rings (SSSR count). The summed E-state index contributed by atoms with van der Waals surface area (Å²) in [5.74, 6) is 2.41. The van der Waals surface area contributed by atoms with E-state index < -0.39 is 0 Å². The highest BCUT2D eigenvalue weighted by Gasteiger charge is 2.13. The van der Waals surface area contributed by atoms with Crippen LogP contribution in [0.1, 0.15) is 16.7 Å². The van der Waals surface area contributed by atoms with Crippen LogP contribution in [0.15, 0.2) is 60.7 Å². The summed E-state index contributed by atoms with van der Waals surface area (Å²) in [5.41, 5.74) is 3.11. The first-order chi connectivity index (χ1) is 13.7. The Kier molecular flexibility index (Phi) is 5.91. The first-order valence-corrected chi connectivity index (χ1v) is 9.68. The third kappa shape index (κ3) is 4.53. The lowest BCUT2D eigenvalue weighted by Gasteiger charge is -2.13. The first kappa shape index (κ1) is 18.9. The van der Waals surface area contributed by atoms with Crippen molar-refractivity contribution < 1.29 is 14.2 Å². The number of rotatable bonds is 7. The fourth-order valence-corrected chi connectivity index (χ4v) is 3.44. The van der Waals surface area contributed by atoms with Crippen molar-refractivity contribution in [3.63, 3.8) is 0 Å². The number of hydrogen-bond acceptors (Lipinski definition) is 4. The summed E-state index contributed by atoms with van der Waals surface area (Å²) < 4.78 is 16.8. The van der Waals surface area contributed by atoms with Gasteiger partial charge in [-0.3, -0.25) is 0 Å². The largest absolute Gasteiger partial charge is 0.489 e. The molecule has 0 fully saturated rings. The van der Waals surface area contributed by atoms with Gasteiger partial charge in [-0.1, -0.05) is 53.5 Å². The number of hydrogen-bond donors (Lipinski definition) is 1. The highest BCUT2D eigenvalue weighted by Crippen LogP contribution is 2.32. The molecule has 28 heavy (non-hydrogen) atoms. The summed E-state index contributed by atoms with van der Waals surface area (Å²) in [5, 5.41) is 4.66. The minimum absolute atomic E-state index is 0.286. The summed E-state index contributed by atoms with van der Waals surface area (Å²) in [6.45, 7) is 2.07. The van der Waals surface area contributed by atoms with Gasteiger partial charge < -0.3 is 19.5 Å².